The number of halogens is 4. The highest BCUT2D eigenvalue weighted by atomic mass is 19.4. The lowest BCUT2D eigenvalue weighted by atomic mass is 9.94. The molecule has 2 aromatic rings. The summed E-state index contributed by atoms with van der Waals surface area (Å²) in [6.07, 6.45) is -3.80. The molecule has 0 spiro atoms. The smallest absolute Gasteiger partial charge is 0.431 e. The Morgan fingerprint density at radius 2 is 1.80 bits per heavy atom. The van der Waals surface area contributed by atoms with Gasteiger partial charge in [0.25, 0.3) is 0 Å². The molecular formula is C25H27F4N3O3. The molecule has 188 valence electrons. The van der Waals surface area contributed by atoms with Crippen LogP contribution < -0.4 is 14.6 Å². The van der Waals surface area contributed by atoms with E-state index in [0.717, 1.165) is 10.6 Å². The second-order valence-corrected chi connectivity index (χ2v) is 9.03. The van der Waals surface area contributed by atoms with Crippen molar-refractivity contribution in [2.24, 2.45) is 11.0 Å². The topological polar surface area (TPSA) is 65.4 Å². The number of carbonyl (C=O) groups is 1. The van der Waals surface area contributed by atoms with Gasteiger partial charge < -0.3 is 14.7 Å². The van der Waals surface area contributed by atoms with Crippen LogP contribution in [0.3, 0.4) is 0 Å². The van der Waals surface area contributed by atoms with Crippen LogP contribution in [0.4, 0.5) is 28.9 Å². The number of nitrogens with zero attached hydrogens (tertiary/aromatic N) is 3. The fraction of sp³-hybridized carbons (Fsp3) is 0.440. The van der Waals surface area contributed by atoms with E-state index in [1.807, 2.05) is 17.9 Å². The van der Waals surface area contributed by atoms with Crippen LogP contribution in [0.1, 0.15) is 31.7 Å². The summed E-state index contributed by atoms with van der Waals surface area (Å²) in [7, 11) is 0. The average molecular weight is 494 g/mol. The second-order valence-electron chi connectivity index (χ2n) is 9.03. The SMILES string of the molecule is Cc1ccc(F)c(N2CCC(Oc3ccc(N4N=C(C(F)(F)F)C(C)C4CC(=O)O)cc3)CC2)c1. The molecule has 2 atom stereocenters. The lowest BCUT2D eigenvalue weighted by Crippen LogP contribution is -2.38. The van der Waals surface area contributed by atoms with E-state index in [1.54, 1.807) is 30.3 Å². The number of hydrazone groups is 1. The van der Waals surface area contributed by atoms with Gasteiger partial charge in [-0.1, -0.05) is 13.0 Å². The zero-order chi connectivity index (χ0) is 25.3. The van der Waals surface area contributed by atoms with Crippen molar-refractivity contribution in [1.82, 2.24) is 0 Å². The van der Waals surface area contributed by atoms with E-state index in [9.17, 15) is 27.5 Å². The summed E-state index contributed by atoms with van der Waals surface area (Å²) in [6.45, 7) is 4.54. The minimum Gasteiger partial charge on any atom is -0.490 e. The van der Waals surface area contributed by atoms with Crippen molar-refractivity contribution in [1.29, 1.82) is 0 Å². The highest BCUT2D eigenvalue weighted by Crippen LogP contribution is 2.37. The summed E-state index contributed by atoms with van der Waals surface area (Å²) in [4.78, 5) is 13.3. The van der Waals surface area contributed by atoms with Crippen LogP contribution in [-0.2, 0) is 4.79 Å². The number of alkyl halides is 3. The molecule has 35 heavy (non-hydrogen) atoms. The fourth-order valence-electron chi connectivity index (χ4n) is 4.63. The Hall–Kier alpha value is -3.30. The number of piperidine rings is 1. The number of aliphatic carboxylic acids is 1. The molecule has 2 aromatic carbocycles. The molecule has 1 fully saturated rings. The van der Waals surface area contributed by atoms with E-state index in [2.05, 4.69) is 5.10 Å². The van der Waals surface area contributed by atoms with Crippen LogP contribution >= 0.6 is 0 Å². The highest BCUT2D eigenvalue weighted by molar-refractivity contribution is 5.95. The molecule has 1 N–H and O–H groups in total. The van der Waals surface area contributed by atoms with Crippen molar-refractivity contribution in [3.63, 3.8) is 0 Å². The number of rotatable bonds is 6. The Kier molecular flexibility index (Phi) is 6.91. The van der Waals surface area contributed by atoms with Gasteiger partial charge >= 0.3 is 12.1 Å². The van der Waals surface area contributed by atoms with Crippen LogP contribution in [0, 0.1) is 18.7 Å². The molecule has 0 bridgehead atoms. The number of hydrogen-bond acceptors (Lipinski definition) is 5. The first-order chi connectivity index (χ1) is 16.5. The van der Waals surface area contributed by atoms with Crippen molar-refractivity contribution in [3.8, 4) is 5.75 Å². The van der Waals surface area contributed by atoms with Crippen LogP contribution in [0.15, 0.2) is 47.6 Å². The van der Waals surface area contributed by atoms with E-state index in [4.69, 9.17) is 4.74 Å². The minimum atomic E-state index is -4.63. The largest absolute Gasteiger partial charge is 0.490 e. The Labute approximate surface area is 200 Å². The third-order valence-corrected chi connectivity index (χ3v) is 6.50. The molecule has 2 aliphatic rings. The van der Waals surface area contributed by atoms with E-state index in [1.165, 1.54) is 13.0 Å². The van der Waals surface area contributed by atoms with E-state index >= 15 is 0 Å². The van der Waals surface area contributed by atoms with E-state index in [-0.39, 0.29) is 11.9 Å². The maximum absolute atomic E-state index is 14.2. The molecule has 0 aliphatic carbocycles. The third kappa shape index (κ3) is 5.52. The van der Waals surface area contributed by atoms with Crippen molar-refractivity contribution in [2.75, 3.05) is 23.0 Å². The summed E-state index contributed by atoms with van der Waals surface area (Å²) in [5.74, 6) is -1.97. The van der Waals surface area contributed by atoms with Crippen LogP contribution in [-0.4, -0.2) is 48.2 Å². The van der Waals surface area contributed by atoms with Crippen molar-refractivity contribution in [2.45, 2.75) is 51.4 Å². The number of anilines is 2. The maximum atomic E-state index is 14.2. The fourth-order valence-corrected chi connectivity index (χ4v) is 4.63. The Balaban J connectivity index is 1.41. The highest BCUT2D eigenvalue weighted by Gasteiger charge is 2.48. The summed E-state index contributed by atoms with van der Waals surface area (Å²) >= 11 is 0. The molecule has 0 radical (unpaired) electrons. The first kappa shape index (κ1) is 24.8. The molecule has 0 aromatic heterocycles. The minimum absolute atomic E-state index is 0.0774. The van der Waals surface area contributed by atoms with E-state index < -0.39 is 36.2 Å². The lowest BCUT2D eigenvalue weighted by molar-refractivity contribution is -0.137. The predicted octanol–water partition coefficient (Wildman–Crippen LogP) is 5.40. The zero-order valence-electron chi connectivity index (χ0n) is 19.4. The predicted molar refractivity (Wildman–Crippen MR) is 125 cm³/mol. The first-order valence-corrected chi connectivity index (χ1v) is 11.5. The summed E-state index contributed by atoms with van der Waals surface area (Å²) in [5, 5.41) is 14.1. The van der Waals surface area contributed by atoms with Crippen LogP contribution in [0.25, 0.3) is 0 Å². The molecule has 2 heterocycles. The van der Waals surface area contributed by atoms with Gasteiger partial charge in [-0.15, -0.1) is 0 Å². The zero-order valence-corrected chi connectivity index (χ0v) is 19.4. The van der Waals surface area contributed by atoms with Gasteiger partial charge in [-0.05, 0) is 48.9 Å². The quantitative estimate of drug-likeness (QED) is 0.546. The molecule has 2 unspecified atom stereocenters. The maximum Gasteiger partial charge on any atom is 0.431 e. The third-order valence-electron chi connectivity index (χ3n) is 6.50. The normalized spacial score (nSPS) is 21.3. The number of ether oxygens (including phenoxy) is 1. The monoisotopic (exact) mass is 493 g/mol. The average Bonchev–Trinajstić information content (AvgIpc) is 3.12. The van der Waals surface area contributed by atoms with Crippen LogP contribution in [0.5, 0.6) is 5.75 Å². The van der Waals surface area contributed by atoms with Gasteiger partial charge in [0.15, 0.2) is 0 Å². The summed E-state index contributed by atoms with van der Waals surface area (Å²) < 4.78 is 60.3. The Morgan fingerprint density at radius 1 is 1.14 bits per heavy atom. The van der Waals surface area contributed by atoms with Gasteiger partial charge in [0.2, 0.25) is 0 Å². The second kappa shape index (κ2) is 9.75. The molecule has 10 heteroatoms. The van der Waals surface area contributed by atoms with Crippen LogP contribution in [0.2, 0.25) is 0 Å². The number of carboxylic acids is 1. The van der Waals surface area contributed by atoms with Gasteiger partial charge in [-0.25, -0.2) is 4.39 Å². The molecule has 6 nitrogen and oxygen atoms in total. The standard InChI is InChI=1S/C25H27F4N3O3/c1-15-3-8-20(26)22(13-15)31-11-9-19(10-12-31)35-18-6-4-17(5-7-18)32-21(14-23(33)34)16(2)24(30-32)25(27,28)29/h3-8,13,16,19,21H,9-12,14H2,1-2H3,(H,33,34). The van der Waals surface area contributed by atoms with Gasteiger partial charge in [0.05, 0.1) is 23.8 Å². The molecule has 0 saturated carbocycles. The lowest BCUT2D eigenvalue weighted by Gasteiger charge is -2.34. The molecule has 1 saturated heterocycles. The first-order valence-electron chi connectivity index (χ1n) is 11.5. The van der Waals surface area contributed by atoms with Crippen molar-refractivity contribution in [3.05, 3.63) is 53.8 Å². The van der Waals surface area contributed by atoms with Crippen molar-refractivity contribution < 1.29 is 32.2 Å². The van der Waals surface area contributed by atoms with Gasteiger partial charge in [0, 0.05) is 31.8 Å². The van der Waals surface area contributed by atoms with Gasteiger partial charge in [-0.2, -0.15) is 18.3 Å². The van der Waals surface area contributed by atoms with Crippen molar-refractivity contribution >= 4 is 23.1 Å². The Morgan fingerprint density at radius 3 is 2.40 bits per heavy atom. The number of benzene rings is 2. The number of aryl methyl sites for hydroxylation is 1. The molecule has 2 aliphatic heterocycles. The number of carboxylic acid groups (broad SMARTS) is 1. The number of hydrogen-bond donors (Lipinski definition) is 1. The van der Waals surface area contributed by atoms with Gasteiger partial charge in [0.1, 0.15) is 23.4 Å². The molecular weight excluding hydrogens is 466 g/mol. The molecule has 0 amide bonds. The van der Waals surface area contributed by atoms with Gasteiger partial charge in [-0.3, -0.25) is 9.80 Å². The summed E-state index contributed by atoms with van der Waals surface area (Å²) in [6, 6.07) is 10.5. The molecule has 4 rings (SSSR count). The Bertz CT molecular complexity index is 1100. The van der Waals surface area contributed by atoms with E-state index in [0.29, 0.717) is 43.1 Å². The summed E-state index contributed by atoms with van der Waals surface area (Å²) in [5.41, 5.74) is 0.951.